The standard InChI is InChI=1S/C26H30N2O5/c1-5-16-33-21-9-7-8-19(17-21)23-22(25(30)26(31)28(23)15-14-27(3)4)24(29)18-10-12-20(13-11-18)32-6-2/h5,7-13,17,23,29H,1,6,14-16H2,2-4H3/t23-/m1/s1. The van der Waals surface area contributed by atoms with Gasteiger partial charge in [-0.25, -0.2) is 0 Å². The highest BCUT2D eigenvalue weighted by atomic mass is 16.5. The molecule has 1 fully saturated rings. The number of hydrogen-bond acceptors (Lipinski definition) is 6. The first-order valence-corrected chi connectivity index (χ1v) is 10.9. The Kier molecular flexibility index (Phi) is 7.90. The van der Waals surface area contributed by atoms with Crippen LogP contribution < -0.4 is 9.47 Å². The van der Waals surface area contributed by atoms with E-state index < -0.39 is 17.7 Å². The van der Waals surface area contributed by atoms with Gasteiger partial charge in [0.15, 0.2) is 0 Å². The van der Waals surface area contributed by atoms with Crippen molar-refractivity contribution in [3.8, 4) is 11.5 Å². The molecular weight excluding hydrogens is 420 g/mol. The van der Waals surface area contributed by atoms with Crippen LogP contribution in [0, 0.1) is 0 Å². The van der Waals surface area contributed by atoms with Crippen molar-refractivity contribution in [3.63, 3.8) is 0 Å². The third-order valence-corrected chi connectivity index (χ3v) is 5.31. The molecule has 1 atom stereocenters. The first-order valence-electron chi connectivity index (χ1n) is 10.9. The molecule has 0 bridgehead atoms. The van der Waals surface area contributed by atoms with Gasteiger partial charge < -0.3 is 24.4 Å². The van der Waals surface area contributed by atoms with Crippen LogP contribution in [0.25, 0.3) is 5.76 Å². The molecule has 7 nitrogen and oxygen atoms in total. The molecule has 33 heavy (non-hydrogen) atoms. The molecule has 1 saturated heterocycles. The number of ether oxygens (including phenoxy) is 2. The maximum Gasteiger partial charge on any atom is 0.295 e. The minimum atomic E-state index is -0.733. The molecular formula is C26H30N2O5. The van der Waals surface area contributed by atoms with Crippen LogP contribution in [0.5, 0.6) is 11.5 Å². The summed E-state index contributed by atoms with van der Waals surface area (Å²) < 4.78 is 11.1. The summed E-state index contributed by atoms with van der Waals surface area (Å²) in [6.07, 6.45) is 1.64. The van der Waals surface area contributed by atoms with Crippen molar-refractivity contribution in [1.29, 1.82) is 0 Å². The van der Waals surface area contributed by atoms with Gasteiger partial charge in [0.1, 0.15) is 23.9 Å². The molecule has 1 heterocycles. The van der Waals surface area contributed by atoms with E-state index in [4.69, 9.17) is 9.47 Å². The van der Waals surface area contributed by atoms with Gasteiger partial charge in [-0.1, -0.05) is 24.8 Å². The zero-order chi connectivity index (χ0) is 24.0. The van der Waals surface area contributed by atoms with Crippen LogP contribution in [0.1, 0.15) is 24.1 Å². The molecule has 1 N–H and O–H groups in total. The number of carbonyl (C=O) groups is 2. The van der Waals surface area contributed by atoms with Crippen molar-refractivity contribution >= 4 is 17.4 Å². The molecule has 3 rings (SSSR count). The van der Waals surface area contributed by atoms with Gasteiger partial charge in [-0.15, -0.1) is 0 Å². The van der Waals surface area contributed by atoms with E-state index in [2.05, 4.69) is 6.58 Å². The van der Waals surface area contributed by atoms with Crippen LogP contribution in [-0.4, -0.2) is 67.0 Å². The summed E-state index contributed by atoms with van der Waals surface area (Å²) in [5.74, 6) is -0.309. The fraction of sp³-hybridized carbons (Fsp3) is 0.308. The smallest absolute Gasteiger partial charge is 0.295 e. The van der Waals surface area contributed by atoms with E-state index >= 15 is 0 Å². The molecule has 0 unspecified atom stereocenters. The monoisotopic (exact) mass is 450 g/mol. The molecule has 7 heteroatoms. The normalized spacial score (nSPS) is 17.5. The maximum absolute atomic E-state index is 13.1. The lowest BCUT2D eigenvalue weighted by atomic mass is 9.95. The zero-order valence-electron chi connectivity index (χ0n) is 19.3. The van der Waals surface area contributed by atoms with Gasteiger partial charge in [-0.05, 0) is 63.0 Å². The van der Waals surface area contributed by atoms with E-state index in [0.29, 0.717) is 48.9 Å². The van der Waals surface area contributed by atoms with Crippen LogP contribution in [0.2, 0.25) is 0 Å². The number of benzene rings is 2. The predicted molar refractivity (Wildman–Crippen MR) is 127 cm³/mol. The number of nitrogens with zero attached hydrogens (tertiary/aromatic N) is 2. The quantitative estimate of drug-likeness (QED) is 0.258. The number of likely N-dealkylation sites (tertiary alicyclic amines) is 1. The summed E-state index contributed by atoms with van der Waals surface area (Å²) in [4.78, 5) is 29.5. The lowest BCUT2D eigenvalue weighted by Crippen LogP contribution is -2.35. The number of Topliss-reactive ketones (excluding diaryl/α,β-unsaturated/α-hetero) is 1. The van der Waals surface area contributed by atoms with Crippen molar-refractivity contribution in [1.82, 2.24) is 9.80 Å². The van der Waals surface area contributed by atoms with Gasteiger partial charge >= 0.3 is 0 Å². The predicted octanol–water partition coefficient (Wildman–Crippen LogP) is 3.63. The van der Waals surface area contributed by atoms with Crippen LogP contribution in [0.15, 0.2) is 66.8 Å². The van der Waals surface area contributed by atoms with Gasteiger partial charge in [-0.3, -0.25) is 9.59 Å². The SMILES string of the molecule is C=CCOc1cccc([C@@H]2C(=C(O)c3ccc(OCC)cc3)C(=O)C(=O)N2CCN(C)C)c1. The van der Waals surface area contributed by atoms with E-state index in [1.165, 1.54) is 4.90 Å². The molecule has 0 saturated carbocycles. The third-order valence-electron chi connectivity index (χ3n) is 5.31. The number of ketones is 1. The summed E-state index contributed by atoms with van der Waals surface area (Å²) >= 11 is 0. The lowest BCUT2D eigenvalue weighted by molar-refractivity contribution is -0.140. The van der Waals surface area contributed by atoms with Crippen LogP contribution in [0.3, 0.4) is 0 Å². The van der Waals surface area contributed by atoms with E-state index in [9.17, 15) is 14.7 Å². The van der Waals surface area contributed by atoms with Crippen molar-refractivity contribution in [2.24, 2.45) is 0 Å². The average Bonchev–Trinajstić information content (AvgIpc) is 3.06. The number of carbonyl (C=O) groups excluding carboxylic acids is 2. The van der Waals surface area contributed by atoms with Gasteiger partial charge in [0.25, 0.3) is 11.7 Å². The summed E-state index contributed by atoms with van der Waals surface area (Å²) in [5.41, 5.74) is 1.18. The first-order chi connectivity index (χ1) is 15.9. The van der Waals surface area contributed by atoms with Crippen LogP contribution in [-0.2, 0) is 9.59 Å². The fourth-order valence-electron chi connectivity index (χ4n) is 3.73. The second kappa shape index (κ2) is 10.8. The summed E-state index contributed by atoms with van der Waals surface area (Å²) in [6.45, 7) is 7.30. The molecule has 0 aromatic heterocycles. The second-order valence-corrected chi connectivity index (χ2v) is 7.93. The van der Waals surface area contributed by atoms with Gasteiger partial charge in [-0.2, -0.15) is 0 Å². The Labute approximate surface area is 194 Å². The second-order valence-electron chi connectivity index (χ2n) is 7.93. The number of hydrogen-bond donors (Lipinski definition) is 1. The third kappa shape index (κ3) is 5.43. The van der Waals surface area contributed by atoms with E-state index in [-0.39, 0.29) is 11.3 Å². The van der Waals surface area contributed by atoms with E-state index in [1.54, 1.807) is 48.5 Å². The molecule has 2 aromatic carbocycles. The van der Waals surface area contributed by atoms with Gasteiger partial charge in [0, 0.05) is 18.7 Å². The highest BCUT2D eigenvalue weighted by Crippen LogP contribution is 2.40. The molecule has 0 spiro atoms. The van der Waals surface area contributed by atoms with Crippen LogP contribution >= 0.6 is 0 Å². The molecule has 1 aliphatic rings. The molecule has 0 radical (unpaired) electrons. The average molecular weight is 451 g/mol. The molecule has 174 valence electrons. The highest BCUT2D eigenvalue weighted by Gasteiger charge is 2.46. The number of aliphatic hydroxyl groups is 1. The van der Waals surface area contributed by atoms with Crippen molar-refractivity contribution < 1.29 is 24.2 Å². The first kappa shape index (κ1) is 24.1. The van der Waals surface area contributed by atoms with Gasteiger partial charge in [0.2, 0.25) is 0 Å². The maximum atomic E-state index is 13.1. The Morgan fingerprint density at radius 1 is 1.12 bits per heavy atom. The van der Waals surface area contributed by atoms with Crippen molar-refractivity contribution in [2.45, 2.75) is 13.0 Å². The highest BCUT2D eigenvalue weighted by molar-refractivity contribution is 6.46. The Hall–Kier alpha value is -3.58. The topological polar surface area (TPSA) is 79.3 Å². The summed E-state index contributed by atoms with van der Waals surface area (Å²) in [6, 6.07) is 13.3. The molecule has 1 amide bonds. The molecule has 2 aromatic rings. The van der Waals surface area contributed by atoms with E-state index in [0.717, 1.165) is 0 Å². The Balaban J connectivity index is 2.09. The summed E-state index contributed by atoms with van der Waals surface area (Å²) in [7, 11) is 3.80. The number of likely N-dealkylation sites (N-methyl/N-ethyl adjacent to an activating group) is 1. The number of aliphatic hydroxyl groups excluding tert-OH is 1. The molecule has 1 aliphatic heterocycles. The minimum absolute atomic E-state index is 0.0591. The van der Waals surface area contributed by atoms with Crippen molar-refractivity contribution in [3.05, 3.63) is 77.9 Å². The van der Waals surface area contributed by atoms with Crippen LogP contribution in [0.4, 0.5) is 0 Å². The Bertz CT molecular complexity index is 1040. The van der Waals surface area contributed by atoms with E-state index in [1.807, 2.05) is 32.0 Å². The largest absolute Gasteiger partial charge is 0.507 e. The molecule has 0 aliphatic carbocycles. The Morgan fingerprint density at radius 3 is 2.48 bits per heavy atom. The fourth-order valence-corrected chi connectivity index (χ4v) is 3.73. The van der Waals surface area contributed by atoms with Gasteiger partial charge in [0.05, 0.1) is 18.2 Å². The number of rotatable bonds is 10. The Morgan fingerprint density at radius 2 is 1.85 bits per heavy atom. The van der Waals surface area contributed by atoms with Crippen molar-refractivity contribution in [2.75, 3.05) is 40.4 Å². The zero-order valence-corrected chi connectivity index (χ0v) is 19.3. The minimum Gasteiger partial charge on any atom is -0.507 e. The number of amides is 1. The lowest BCUT2D eigenvalue weighted by Gasteiger charge is -2.27. The summed E-state index contributed by atoms with van der Waals surface area (Å²) in [5, 5.41) is 11.2.